The summed E-state index contributed by atoms with van der Waals surface area (Å²) >= 11 is 4.48. The van der Waals surface area contributed by atoms with Crippen molar-refractivity contribution in [2.75, 3.05) is 0 Å². The summed E-state index contributed by atoms with van der Waals surface area (Å²) in [5.74, 6) is -2.34. The van der Waals surface area contributed by atoms with Crippen molar-refractivity contribution in [1.29, 1.82) is 0 Å². The third-order valence-electron chi connectivity index (χ3n) is 4.19. The number of thiazole rings is 1. The molecule has 4 rings (SSSR count). The second-order valence-corrected chi connectivity index (χ2v) is 7.65. The summed E-state index contributed by atoms with van der Waals surface area (Å²) in [5, 5.41) is 23.1. The monoisotopic (exact) mass is 458 g/mol. The minimum Gasteiger partial charge on any atom is -0.503 e. The standard InChI is InChI=1S/C20H12BrFN2O3S/c21-12-7-5-11(6-8-12)17(25)15-16(13-3-1-2-4-14(13)22)24(19(27)18(15)26)20-23-9-10-28-20/h1-10,26-27H. The van der Waals surface area contributed by atoms with Crippen molar-refractivity contribution >= 4 is 33.0 Å². The third kappa shape index (κ3) is 3.00. The second-order valence-electron chi connectivity index (χ2n) is 5.86. The Balaban J connectivity index is 2.04. The van der Waals surface area contributed by atoms with Crippen LogP contribution in [0, 0.1) is 5.82 Å². The molecular formula is C20H12BrFN2O3S. The predicted molar refractivity (Wildman–Crippen MR) is 108 cm³/mol. The number of rotatable bonds is 4. The molecule has 0 saturated carbocycles. The lowest BCUT2D eigenvalue weighted by atomic mass is 9.99. The molecule has 2 heterocycles. The van der Waals surface area contributed by atoms with E-state index < -0.39 is 23.2 Å². The number of carbonyl (C=O) groups excluding carboxylic acids is 1. The SMILES string of the molecule is O=C(c1ccc(Br)cc1)c1c(O)c(O)n(-c2nccs2)c1-c1ccccc1F. The maximum Gasteiger partial charge on any atom is 0.242 e. The molecule has 0 saturated heterocycles. The van der Waals surface area contributed by atoms with E-state index in [0.29, 0.717) is 5.13 Å². The molecule has 5 nitrogen and oxygen atoms in total. The van der Waals surface area contributed by atoms with Gasteiger partial charge < -0.3 is 10.2 Å². The Labute approximate surface area is 171 Å². The summed E-state index contributed by atoms with van der Waals surface area (Å²) < 4.78 is 16.6. The van der Waals surface area contributed by atoms with Gasteiger partial charge in [-0.25, -0.2) is 9.37 Å². The largest absolute Gasteiger partial charge is 0.503 e. The molecule has 0 bridgehead atoms. The van der Waals surface area contributed by atoms with Crippen molar-refractivity contribution in [3.63, 3.8) is 0 Å². The first-order valence-corrected chi connectivity index (χ1v) is 9.78. The van der Waals surface area contributed by atoms with Gasteiger partial charge in [0.2, 0.25) is 5.88 Å². The van der Waals surface area contributed by atoms with Crippen molar-refractivity contribution in [3.8, 4) is 28.0 Å². The highest BCUT2D eigenvalue weighted by atomic mass is 79.9. The van der Waals surface area contributed by atoms with Crippen molar-refractivity contribution < 1.29 is 19.4 Å². The lowest BCUT2D eigenvalue weighted by Gasteiger charge is -2.10. The van der Waals surface area contributed by atoms with Gasteiger partial charge in [-0.1, -0.05) is 28.1 Å². The molecule has 28 heavy (non-hydrogen) atoms. The van der Waals surface area contributed by atoms with E-state index in [9.17, 15) is 19.4 Å². The van der Waals surface area contributed by atoms with Crippen LogP contribution in [0.15, 0.2) is 64.6 Å². The minimum absolute atomic E-state index is 0.0379. The Morgan fingerprint density at radius 2 is 1.82 bits per heavy atom. The van der Waals surface area contributed by atoms with Crippen LogP contribution < -0.4 is 0 Å². The lowest BCUT2D eigenvalue weighted by molar-refractivity contribution is 0.103. The van der Waals surface area contributed by atoms with Gasteiger partial charge in [-0.15, -0.1) is 11.3 Å². The van der Waals surface area contributed by atoms with Crippen LogP contribution in [0.25, 0.3) is 16.4 Å². The molecule has 2 N–H and O–H groups in total. The van der Waals surface area contributed by atoms with E-state index in [1.165, 1.54) is 40.3 Å². The number of aromatic hydroxyl groups is 2. The summed E-state index contributed by atoms with van der Waals surface area (Å²) in [5.41, 5.74) is 0.192. The van der Waals surface area contributed by atoms with E-state index in [1.54, 1.807) is 35.7 Å². The van der Waals surface area contributed by atoms with Gasteiger partial charge in [0.05, 0.1) is 11.3 Å². The molecule has 0 fully saturated rings. The van der Waals surface area contributed by atoms with Crippen LogP contribution in [0.4, 0.5) is 4.39 Å². The van der Waals surface area contributed by atoms with E-state index >= 15 is 0 Å². The van der Waals surface area contributed by atoms with Crippen LogP contribution in [-0.4, -0.2) is 25.5 Å². The molecule has 0 amide bonds. The first-order valence-electron chi connectivity index (χ1n) is 8.10. The zero-order valence-corrected chi connectivity index (χ0v) is 16.5. The van der Waals surface area contributed by atoms with Gasteiger partial charge in [0.15, 0.2) is 16.7 Å². The van der Waals surface area contributed by atoms with E-state index in [0.717, 1.165) is 4.47 Å². The van der Waals surface area contributed by atoms with Gasteiger partial charge in [-0.05, 0) is 36.4 Å². The normalized spacial score (nSPS) is 10.9. The maximum atomic E-state index is 14.6. The Morgan fingerprint density at radius 3 is 2.46 bits per heavy atom. The molecule has 0 unspecified atom stereocenters. The van der Waals surface area contributed by atoms with Gasteiger partial charge in [0.25, 0.3) is 0 Å². The molecule has 0 aliphatic rings. The van der Waals surface area contributed by atoms with E-state index in [2.05, 4.69) is 20.9 Å². The maximum absolute atomic E-state index is 14.6. The van der Waals surface area contributed by atoms with E-state index in [1.807, 2.05) is 0 Å². The zero-order chi connectivity index (χ0) is 19.8. The quantitative estimate of drug-likeness (QED) is 0.415. The van der Waals surface area contributed by atoms with Crippen molar-refractivity contribution in [3.05, 3.63) is 81.5 Å². The molecule has 4 aromatic rings. The van der Waals surface area contributed by atoms with Crippen molar-refractivity contribution in [1.82, 2.24) is 9.55 Å². The molecule has 2 aromatic carbocycles. The van der Waals surface area contributed by atoms with Crippen LogP contribution in [0.3, 0.4) is 0 Å². The molecule has 0 aliphatic carbocycles. The van der Waals surface area contributed by atoms with Crippen LogP contribution >= 0.6 is 27.3 Å². The van der Waals surface area contributed by atoms with Crippen LogP contribution in [0.5, 0.6) is 11.6 Å². The molecule has 0 atom stereocenters. The average Bonchev–Trinajstić information content (AvgIpc) is 3.30. The molecular weight excluding hydrogens is 447 g/mol. The minimum atomic E-state index is -0.624. The van der Waals surface area contributed by atoms with Gasteiger partial charge in [-0.3, -0.25) is 9.36 Å². The number of ketones is 1. The summed E-state index contributed by atoms with van der Waals surface area (Å²) in [4.78, 5) is 17.3. The molecule has 8 heteroatoms. The first kappa shape index (κ1) is 18.4. The number of nitrogens with zero attached hydrogens (tertiary/aromatic N) is 2. The summed E-state index contributed by atoms with van der Waals surface area (Å²) in [6.45, 7) is 0. The van der Waals surface area contributed by atoms with Crippen LogP contribution in [0.2, 0.25) is 0 Å². The Morgan fingerprint density at radius 1 is 1.11 bits per heavy atom. The number of aromatic nitrogens is 2. The fraction of sp³-hybridized carbons (Fsp3) is 0. The number of hydrogen-bond acceptors (Lipinski definition) is 5. The van der Waals surface area contributed by atoms with E-state index in [4.69, 9.17) is 0 Å². The lowest BCUT2D eigenvalue weighted by Crippen LogP contribution is -2.05. The number of halogens is 2. The Kier molecular flexibility index (Phi) is 4.74. The summed E-state index contributed by atoms with van der Waals surface area (Å²) in [6, 6.07) is 12.4. The average molecular weight is 459 g/mol. The molecule has 0 spiro atoms. The highest BCUT2D eigenvalue weighted by molar-refractivity contribution is 9.10. The van der Waals surface area contributed by atoms with Gasteiger partial charge in [-0.2, -0.15) is 0 Å². The Bertz CT molecular complexity index is 1170. The topological polar surface area (TPSA) is 75.3 Å². The molecule has 140 valence electrons. The summed E-state index contributed by atoms with van der Waals surface area (Å²) in [6.07, 6.45) is 1.51. The fourth-order valence-electron chi connectivity index (χ4n) is 2.93. The number of hydrogen-bond donors (Lipinski definition) is 2. The smallest absolute Gasteiger partial charge is 0.242 e. The van der Waals surface area contributed by atoms with Gasteiger partial charge in [0.1, 0.15) is 5.82 Å². The first-order chi connectivity index (χ1) is 13.5. The number of benzene rings is 2. The Hall–Kier alpha value is -2.97. The number of carbonyl (C=O) groups is 1. The third-order valence-corrected chi connectivity index (χ3v) is 5.48. The van der Waals surface area contributed by atoms with E-state index in [-0.39, 0.29) is 22.4 Å². The van der Waals surface area contributed by atoms with Gasteiger partial charge >= 0.3 is 0 Å². The van der Waals surface area contributed by atoms with Crippen LogP contribution in [0.1, 0.15) is 15.9 Å². The second kappa shape index (κ2) is 7.21. The predicted octanol–water partition coefficient (Wildman–Crippen LogP) is 5.14. The highest BCUT2D eigenvalue weighted by Gasteiger charge is 2.31. The van der Waals surface area contributed by atoms with Crippen molar-refractivity contribution in [2.45, 2.75) is 0 Å². The fourth-order valence-corrected chi connectivity index (χ4v) is 3.84. The molecule has 0 radical (unpaired) electrons. The molecule has 2 aromatic heterocycles. The summed E-state index contributed by atoms with van der Waals surface area (Å²) in [7, 11) is 0. The van der Waals surface area contributed by atoms with Crippen molar-refractivity contribution in [2.24, 2.45) is 0 Å². The zero-order valence-electron chi connectivity index (χ0n) is 14.1. The van der Waals surface area contributed by atoms with Crippen LogP contribution in [-0.2, 0) is 0 Å². The molecule has 0 aliphatic heterocycles. The highest BCUT2D eigenvalue weighted by Crippen LogP contribution is 2.44. The van der Waals surface area contributed by atoms with Gasteiger partial charge in [0, 0.05) is 27.2 Å².